The maximum absolute atomic E-state index is 12.6. The fourth-order valence-electron chi connectivity index (χ4n) is 2.69. The summed E-state index contributed by atoms with van der Waals surface area (Å²) in [6.45, 7) is 4.54. The van der Waals surface area contributed by atoms with E-state index in [0.29, 0.717) is 40.9 Å². The highest BCUT2D eigenvalue weighted by Crippen LogP contribution is 2.28. The van der Waals surface area contributed by atoms with Crippen LogP contribution in [0.25, 0.3) is 0 Å². The summed E-state index contributed by atoms with van der Waals surface area (Å²) in [5, 5.41) is 14.2. The van der Waals surface area contributed by atoms with Gasteiger partial charge >= 0.3 is 0 Å². The van der Waals surface area contributed by atoms with Gasteiger partial charge in [0, 0.05) is 17.8 Å². The molecule has 0 fully saturated rings. The molecule has 0 unspecified atom stereocenters. The third kappa shape index (κ3) is 5.32. The first-order valence-corrected chi connectivity index (χ1v) is 10.1. The van der Waals surface area contributed by atoms with E-state index in [1.54, 1.807) is 38.3 Å². The van der Waals surface area contributed by atoms with E-state index in [0.717, 1.165) is 5.56 Å². The molecule has 8 nitrogen and oxygen atoms in total. The summed E-state index contributed by atoms with van der Waals surface area (Å²) in [6, 6.07) is 12.2. The van der Waals surface area contributed by atoms with E-state index in [1.807, 2.05) is 25.1 Å². The van der Waals surface area contributed by atoms with Gasteiger partial charge in [0.05, 0.1) is 13.7 Å². The van der Waals surface area contributed by atoms with Gasteiger partial charge in [-0.1, -0.05) is 23.5 Å². The summed E-state index contributed by atoms with van der Waals surface area (Å²) in [5.41, 5.74) is 1.81. The van der Waals surface area contributed by atoms with E-state index in [1.165, 1.54) is 11.3 Å². The van der Waals surface area contributed by atoms with E-state index in [2.05, 4.69) is 20.8 Å². The lowest BCUT2D eigenvalue weighted by Gasteiger charge is -2.12. The van der Waals surface area contributed by atoms with Crippen molar-refractivity contribution in [3.63, 3.8) is 0 Å². The molecule has 2 N–H and O–H groups in total. The normalized spacial score (nSPS) is 10.4. The zero-order chi connectivity index (χ0) is 21.5. The Kier molecular flexibility index (Phi) is 6.97. The van der Waals surface area contributed by atoms with E-state index in [4.69, 9.17) is 9.47 Å². The van der Waals surface area contributed by atoms with Crippen LogP contribution in [0.1, 0.15) is 37.7 Å². The summed E-state index contributed by atoms with van der Waals surface area (Å²) in [6.07, 6.45) is 0. The molecule has 3 rings (SSSR count). The van der Waals surface area contributed by atoms with Crippen molar-refractivity contribution in [2.75, 3.05) is 19.0 Å². The Bertz CT molecular complexity index is 1050. The van der Waals surface area contributed by atoms with Gasteiger partial charge in [0.25, 0.3) is 11.8 Å². The van der Waals surface area contributed by atoms with Crippen LogP contribution in [-0.4, -0.2) is 35.7 Å². The Labute approximate surface area is 178 Å². The van der Waals surface area contributed by atoms with Crippen molar-refractivity contribution >= 4 is 28.8 Å². The van der Waals surface area contributed by atoms with Gasteiger partial charge in [0.15, 0.2) is 11.5 Å². The van der Waals surface area contributed by atoms with Crippen LogP contribution in [0.2, 0.25) is 0 Å². The molecule has 0 aliphatic rings. The van der Waals surface area contributed by atoms with E-state index >= 15 is 0 Å². The number of nitrogens with zero attached hydrogens (tertiary/aromatic N) is 2. The highest BCUT2D eigenvalue weighted by molar-refractivity contribution is 7.13. The number of anilines is 1. The third-order valence-corrected chi connectivity index (χ3v) is 4.92. The Balaban J connectivity index is 1.63. The number of nitrogens with one attached hydrogen (secondary N) is 2. The number of amides is 2. The van der Waals surface area contributed by atoms with Gasteiger partial charge in [-0.05, 0) is 49.7 Å². The Hall–Kier alpha value is -3.46. The van der Waals surface area contributed by atoms with Crippen LogP contribution in [0.4, 0.5) is 5.69 Å². The molecule has 0 aliphatic heterocycles. The minimum absolute atomic E-state index is 0.259. The van der Waals surface area contributed by atoms with Crippen LogP contribution in [0.5, 0.6) is 11.5 Å². The number of hydrogen-bond donors (Lipinski definition) is 2. The van der Waals surface area contributed by atoms with Crippen molar-refractivity contribution in [3.8, 4) is 11.5 Å². The number of carbonyl (C=O) groups is 2. The lowest BCUT2D eigenvalue weighted by Crippen LogP contribution is -2.23. The summed E-state index contributed by atoms with van der Waals surface area (Å²) in [4.78, 5) is 24.8. The van der Waals surface area contributed by atoms with Crippen molar-refractivity contribution in [1.82, 2.24) is 15.5 Å². The Morgan fingerprint density at radius 3 is 2.60 bits per heavy atom. The molecule has 0 spiro atoms. The fourth-order valence-corrected chi connectivity index (χ4v) is 3.28. The van der Waals surface area contributed by atoms with Crippen molar-refractivity contribution in [2.45, 2.75) is 20.4 Å². The van der Waals surface area contributed by atoms with Crippen molar-refractivity contribution in [3.05, 3.63) is 63.6 Å². The fraction of sp³-hybridized carbons (Fsp3) is 0.238. The van der Waals surface area contributed by atoms with Gasteiger partial charge in [-0.25, -0.2) is 0 Å². The average molecular weight is 426 g/mol. The number of aromatic nitrogens is 2. The molecule has 2 aromatic carbocycles. The topological polar surface area (TPSA) is 102 Å². The van der Waals surface area contributed by atoms with Crippen LogP contribution in [0.15, 0.2) is 42.5 Å². The SMILES string of the molecule is CCOc1ccc(CNC(=O)c2cccc(NC(=O)c3nnc(C)s3)c2)cc1OC. The van der Waals surface area contributed by atoms with Crippen LogP contribution in [0.3, 0.4) is 0 Å². The zero-order valence-corrected chi connectivity index (χ0v) is 17.7. The number of aryl methyl sites for hydroxylation is 1. The van der Waals surface area contributed by atoms with E-state index in [9.17, 15) is 9.59 Å². The Morgan fingerprint density at radius 1 is 1.07 bits per heavy atom. The molecule has 3 aromatic rings. The summed E-state index contributed by atoms with van der Waals surface area (Å²) >= 11 is 1.21. The monoisotopic (exact) mass is 426 g/mol. The van der Waals surface area contributed by atoms with Crippen molar-refractivity contribution in [1.29, 1.82) is 0 Å². The summed E-state index contributed by atoms with van der Waals surface area (Å²) in [5.74, 6) is 0.648. The molecule has 0 saturated heterocycles. The summed E-state index contributed by atoms with van der Waals surface area (Å²) in [7, 11) is 1.57. The smallest absolute Gasteiger partial charge is 0.286 e. The lowest BCUT2D eigenvalue weighted by atomic mass is 10.1. The first-order valence-electron chi connectivity index (χ1n) is 9.29. The second-order valence-electron chi connectivity index (χ2n) is 6.26. The van der Waals surface area contributed by atoms with Gasteiger partial charge in [-0.2, -0.15) is 0 Å². The molecule has 0 aliphatic carbocycles. The first-order chi connectivity index (χ1) is 14.5. The van der Waals surface area contributed by atoms with E-state index < -0.39 is 0 Å². The third-order valence-electron chi connectivity index (χ3n) is 4.08. The number of ether oxygens (including phenoxy) is 2. The number of benzene rings is 2. The predicted molar refractivity (Wildman–Crippen MR) is 114 cm³/mol. The molecule has 0 saturated carbocycles. The maximum atomic E-state index is 12.6. The quantitative estimate of drug-likeness (QED) is 0.572. The number of hydrogen-bond acceptors (Lipinski definition) is 7. The summed E-state index contributed by atoms with van der Waals surface area (Å²) < 4.78 is 10.8. The van der Waals surface area contributed by atoms with Crippen LogP contribution in [-0.2, 0) is 6.54 Å². The van der Waals surface area contributed by atoms with Gasteiger partial charge in [-0.3, -0.25) is 9.59 Å². The second kappa shape index (κ2) is 9.84. The number of carbonyl (C=O) groups excluding carboxylic acids is 2. The van der Waals surface area contributed by atoms with Crippen molar-refractivity contribution in [2.24, 2.45) is 0 Å². The molecular formula is C21H22N4O4S. The predicted octanol–water partition coefficient (Wildman–Crippen LogP) is 3.44. The largest absolute Gasteiger partial charge is 0.493 e. The molecule has 0 bridgehead atoms. The highest BCUT2D eigenvalue weighted by atomic mass is 32.1. The number of methoxy groups -OCH3 is 1. The van der Waals surface area contributed by atoms with Crippen molar-refractivity contribution < 1.29 is 19.1 Å². The van der Waals surface area contributed by atoms with Gasteiger partial charge in [-0.15, -0.1) is 10.2 Å². The van der Waals surface area contributed by atoms with Gasteiger partial charge < -0.3 is 20.1 Å². The first kappa shape index (κ1) is 21.3. The minimum Gasteiger partial charge on any atom is -0.493 e. The molecular weight excluding hydrogens is 404 g/mol. The molecule has 156 valence electrons. The van der Waals surface area contributed by atoms with E-state index in [-0.39, 0.29) is 16.8 Å². The molecule has 1 heterocycles. The Morgan fingerprint density at radius 2 is 1.90 bits per heavy atom. The lowest BCUT2D eigenvalue weighted by molar-refractivity contribution is 0.0949. The average Bonchev–Trinajstić information content (AvgIpc) is 3.19. The highest BCUT2D eigenvalue weighted by Gasteiger charge is 2.13. The standard InChI is InChI=1S/C21H22N4O4S/c1-4-29-17-9-8-14(10-18(17)28-3)12-22-19(26)15-6-5-7-16(11-15)23-20(27)21-25-24-13(2)30-21/h5-11H,4,12H2,1-3H3,(H,22,26)(H,23,27). The number of rotatable bonds is 8. The molecule has 9 heteroatoms. The molecule has 0 radical (unpaired) electrons. The molecule has 0 atom stereocenters. The van der Waals surface area contributed by atoms with Gasteiger partial charge in [0.2, 0.25) is 5.01 Å². The zero-order valence-electron chi connectivity index (χ0n) is 16.9. The van der Waals surface area contributed by atoms with Crippen LogP contribution in [0, 0.1) is 6.92 Å². The second-order valence-corrected chi connectivity index (χ2v) is 7.44. The van der Waals surface area contributed by atoms with Crippen LogP contribution < -0.4 is 20.1 Å². The molecule has 2 amide bonds. The minimum atomic E-state index is -0.361. The maximum Gasteiger partial charge on any atom is 0.286 e. The van der Waals surface area contributed by atoms with Crippen LogP contribution >= 0.6 is 11.3 Å². The molecule has 1 aromatic heterocycles. The molecule has 30 heavy (non-hydrogen) atoms. The van der Waals surface area contributed by atoms with Gasteiger partial charge in [0.1, 0.15) is 5.01 Å².